The van der Waals surface area contributed by atoms with Gasteiger partial charge in [-0.3, -0.25) is 4.98 Å². The van der Waals surface area contributed by atoms with E-state index in [-0.39, 0.29) is 5.69 Å². The molecule has 0 aliphatic carbocycles. The predicted molar refractivity (Wildman–Crippen MR) is 54.3 cm³/mol. The SMILES string of the molecule is Cc1cnc(C(F)F)c(Br)c1CBr. The topological polar surface area (TPSA) is 12.9 Å². The number of nitrogens with zero attached hydrogens (tertiary/aromatic N) is 1. The zero-order valence-electron chi connectivity index (χ0n) is 6.82. The molecule has 1 nitrogen and oxygen atoms in total. The molecule has 0 saturated heterocycles. The molecule has 0 saturated carbocycles. The van der Waals surface area contributed by atoms with E-state index >= 15 is 0 Å². The lowest BCUT2D eigenvalue weighted by atomic mass is 10.1. The van der Waals surface area contributed by atoms with Crippen LogP contribution in [0.3, 0.4) is 0 Å². The Bertz CT molecular complexity index is 315. The Labute approximate surface area is 91.8 Å². The first-order chi connectivity index (χ1) is 6.07. The smallest absolute Gasteiger partial charge is 0.254 e. The van der Waals surface area contributed by atoms with Crippen LogP contribution in [0.2, 0.25) is 0 Å². The van der Waals surface area contributed by atoms with Crippen LogP contribution < -0.4 is 0 Å². The molecule has 1 rings (SSSR count). The van der Waals surface area contributed by atoms with Gasteiger partial charge in [-0.15, -0.1) is 0 Å². The van der Waals surface area contributed by atoms with Crippen molar-refractivity contribution in [3.63, 3.8) is 0 Å². The van der Waals surface area contributed by atoms with Crippen molar-refractivity contribution in [2.75, 3.05) is 0 Å². The van der Waals surface area contributed by atoms with Gasteiger partial charge in [-0.2, -0.15) is 0 Å². The monoisotopic (exact) mass is 313 g/mol. The van der Waals surface area contributed by atoms with Crippen LogP contribution >= 0.6 is 31.9 Å². The Kier molecular flexibility index (Phi) is 3.79. The van der Waals surface area contributed by atoms with Crippen LogP contribution in [0.25, 0.3) is 0 Å². The normalized spacial score (nSPS) is 10.9. The molecule has 0 aliphatic rings. The second-order valence-electron chi connectivity index (χ2n) is 2.55. The fourth-order valence-corrected chi connectivity index (χ4v) is 2.77. The molecule has 1 aromatic heterocycles. The van der Waals surface area contributed by atoms with Crippen LogP contribution in [-0.2, 0) is 5.33 Å². The minimum atomic E-state index is -2.53. The summed E-state index contributed by atoms with van der Waals surface area (Å²) >= 11 is 6.36. The van der Waals surface area contributed by atoms with E-state index in [4.69, 9.17) is 0 Å². The molecule has 1 heterocycles. The van der Waals surface area contributed by atoms with Crippen molar-refractivity contribution < 1.29 is 8.78 Å². The fourth-order valence-electron chi connectivity index (χ4n) is 0.945. The maximum Gasteiger partial charge on any atom is 0.281 e. The van der Waals surface area contributed by atoms with Crippen molar-refractivity contribution >= 4 is 31.9 Å². The van der Waals surface area contributed by atoms with E-state index in [9.17, 15) is 8.78 Å². The largest absolute Gasteiger partial charge is 0.281 e. The van der Waals surface area contributed by atoms with Gasteiger partial charge in [0.15, 0.2) is 0 Å². The number of alkyl halides is 3. The van der Waals surface area contributed by atoms with Gasteiger partial charge in [0, 0.05) is 16.0 Å². The minimum Gasteiger partial charge on any atom is -0.254 e. The Hall–Kier alpha value is -0.0300. The Balaban J connectivity index is 3.27. The van der Waals surface area contributed by atoms with Crippen molar-refractivity contribution in [2.45, 2.75) is 18.7 Å². The molecule has 0 bridgehead atoms. The lowest BCUT2D eigenvalue weighted by Gasteiger charge is -2.08. The molecule has 0 aromatic carbocycles. The highest BCUT2D eigenvalue weighted by Crippen LogP contribution is 2.30. The molecular formula is C8H7Br2F2N. The molecule has 0 N–H and O–H groups in total. The van der Waals surface area contributed by atoms with Gasteiger partial charge in [-0.05, 0) is 34.0 Å². The average Bonchev–Trinajstić information content (AvgIpc) is 2.04. The molecule has 0 aliphatic heterocycles. The molecule has 0 spiro atoms. The first-order valence-corrected chi connectivity index (χ1v) is 5.47. The van der Waals surface area contributed by atoms with Crippen LogP contribution in [0.5, 0.6) is 0 Å². The molecule has 0 amide bonds. The molecule has 72 valence electrons. The number of aromatic nitrogens is 1. The van der Waals surface area contributed by atoms with Gasteiger partial charge >= 0.3 is 0 Å². The Morgan fingerprint density at radius 3 is 2.62 bits per heavy atom. The third-order valence-corrected chi connectivity index (χ3v) is 3.15. The van der Waals surface area contributed by atoms with Crippen molar-refractivity contribution in [3.05, 3.63) is 27.5 Å². The maximum absolute atomic E-state index is 12.4. The highest BCUT2D eigenvalue weighted by molar-refractivity contribution is 9.10. The number of aryl methyl sites for hydroxylation is 1. The first-order valence-electron chi connectivity index (χ1n) is 3.56. The molecule has 0 radical (unpaired) electrons. The van der Waals surface area contributed by atoms with Crippen LogP contribution in [0.4, 0.5) is 8.78 Å². The number of halogens is 4. The van der Waals surface area contributed by atoms with E-state index in [2.05, 4.69) is 36.8 Å². The van der Waals surface area contributed by atoms with Gasteiger partial charge in [-0.25, -0.2) is 8.78 Å². The lowest BCUT2D eigenvalue weighted by molar-refractivity contribution is 0.145. The second kappa shape index (κ2) is 4.46. The van der Waals surface area contributed by atoms with E-state index in [1.54, 1.807) is 0 Å². The second-order valence-corrected chi connectivity index (χ2v) is 3.91. The number of pyridine rings is 1. The Morgan fingerprint density at radius 1 is 1.54 bits per heavy atom. The van der Waals surface area contributed by atoms with E-state index in [1.807, 2.05) is 6.92 Å². The van der Waals surface area contributed by atoms with Crippen molar-refractivity contribution in [1.82, 2.24) is 4.98 Å². The lowest BCUT2D eigenvalue weighted by Crippen LogP contribution is -1.97. The van der Waals surface area contributed by atoms with Gasteiger partial charge in [0.25, 0.3) is 6.43 Å². The molecule has 13 heavy (non-hydrogen) atoms. The van der Waals surface area contributed by atoms with Gasteiger partial charge in [0.1, 0.15) is 5.69 Å². The average molecular weight is 315 g/mol. The van der Waals surface area contributed by atoms with Crippen LogP contribution in [-0.4, -0.2) is 4.98 Å². The van der Waals surface area contributed by atoms with Crippen molar-refractivity contribution in [2.24, 2.45) is 0 Å². The number of hydrogen-bond acceptors (Lipinski definition) is 1. The van der Waals surface area contributed by atoms with Gasteiger partial charge in [-0.1, -0.05) is 15.9 Å². The molecule has 0 fully saturated rings. The minimum absolute atomic E-state index is 0.194. The fraction of sp³-hybridized carbons (Fsp3) is 0.375. The summed E-state index contributed by atoms with van der Waals surface area (Å²) in [4.78, 5) is 3.67. The summed E-state index contributed by atoms with van der Waals surface area (Å²) in [5, 5.41) is 0.543. The van der Waals surface area contributed by atoms with Gasteiger partial charge in [0.2, 0.25) is 0 Å². The summed E-state index contributed by atoms with van der Waals surface area (Å²) in [6, 6.07) is 0. The van der Waals surface area contributed by atoms with Crippen molar-refractivity contribution in [3.8, 4) is 0 Å². The van der Waals surface area contributed by atoms with Crippen LogP contribution in [0.1, 0.15) is 23.2 Å². The zero-order chi connectivity index (χ0) is 10.0. The number of rotatable bonds is 2. The molecule has 0 unspecified atom stereocenters. The first kappa shape index (κ1) is 11.0. The van der Waals surface area contributed by atoms with E-state index in [0.29, 0.717) is 9.80 Å². The summed E-state index contributed by atoms with van der Waals surface area (Å²) in [7, 11) is 0. The van der Waals surface area contributed by atoms with Crippen LogP contribution in [0.15, 0.2) is 10.7 Å². The predicted octanol–water partition coefficient (Wildman–Crippen LogP) is 3.99. The van der Waals surface area contributed by atoms with Gasteiger partial charge in [0.05, 0.1) is 0 Å². The number of hydrogen-bond donors (Lipinski definition) is 0. The summed E-state index contributed by atoms with van der Waals surface area (Å²) < 4.78 is 25.1. The molecule has 1 aromatic rings. The molecule has 5 heteroatoms. The van der Waals surface area contributed by atoms with E-state index in [0.717, 1.165) is 11.1 Å². The third kappa shape index (κ3) is 2.26. The van der Waals surface area contributed by atoms with E-state index < -0.39 is 6.43 Å². The standard InChI is InChI=1S/C8H7Br2F2N/c1-4-3-13-7(8(11)12)6(10)5(4)2-9/h3,8H,2H2,1H3. The highest BCUT2D eigenvalue weighted by Gasteiger charge is 2.16. The summed E-state index contributed by atoms with van der Waals surface area (Å²) in [5.74, 6) is 0. The summed E-state index contributed by atoms with van der Waals surface area (Å²) in [6.07, 6.45) is -1.07. The highest BCUT2D eigenvalue weighted by atomic mass is 79.9. The molecule has 0 atom stereocenters. The zero-order valence-corrected chi connectivity index (χ0v) is 9.99. The van der Waals surface area contributed by atoms with Crippen LogP contribution in [0, 0.1) is 6.92 Å². The molecular weight excluding hydrogens is 308 g/mol. The summed E-state index contributed by atoms with van der Waals surface area (Å²) in [6.45, 7) is 1.84. The summed E-state index contributed by atoms with van der Waals surface area (Å²) in [5.41, 5.74) is 1.53. The van der Waals surface area contributed by atoms with E-state index in [1.165, 1.54) is 6.20 Å². The quantitative estimate of drug-likeness (QED) is 0.752. The maximum atomic E-state index is 12.4. The third-order valence-electron chi connectivity index (χ3n) is 1.70. The van der Waals surface area contributed by atoms with Crippen molar-refractivity contribution in [1.29, 1.82) is 0 Å². The van der Waals surface area contributed by atoms with Gasteiger partial charge < -0.3 is 0 Å². The Morgan fingerprint density at radius 2 is 2.15 bits per heavy atom.